The van der Waals surface area contributed by atoms with Crippen LogP contribution in [0, 0.1) is 20.8 Å². The normalized spacial score (nSPS) is 10.1. The molecule has 1 aromatic carbocycles. The van der Waals surface area contributed by atoms with Gasteiger partial charge in [0.25, 0.3) is 0 Å². The molecule has 0 saturated carbocycles. The number of benzene rings is 1. The molecule has 1 rings (SSSR count). The first kappa shape index (κ1) is 11.7. The van der Waals surface area contributed by atoms with E-state index in [0.717, 1.165) is 11.1 Å². The predicted octanol–water partition coefficient (Wildman–Crippen LogP) is 2.62. The minimum Gasteiger partial charge on any atom is -0.293 e. The van der Waals surface area contributed by atoms with Crippen LogP contribution in [0.3, 0.4) is 0 Å². The van der Waals surface area contributed by atoms with Crippen LogP contribution in [0.4, 0.5) is 0 Å². The summed E-state index contributed by atoms with van der Waals surface area (Å²) in [7, 11) is 0. The number of carbonyl (C=O) groups is 1. The molecule has 15 heavy (non-hydrogen) atoms. The minimum absolute atomic E-state index is 0.316. The van der Waals surface area contributed by atoms with E-state index in [2.05, 4.69) is 16.7 Å². The van der Waals surface area contributed by atoms with Gasteiger partial charge in [-0.25, -0.2) is 4.79 Å². The van der Waals surface area contributed by atoms with Gasteiger partial charge in [-0.1, -0.05) is 24.6 Å². The van der Waals surface area contributed by atoms with E-state index >= 15 is 0 Å². The van der Waals surface area contributed by atoms with Crippen LogP contribution in [0.25, 0.3) is 0 Å². The van der Waals surface area contributed by atoms with Gasteiger partial charge in [0.1, 0.15) is 0 Å². The second-order valence-electron chi connectivity index (χ2n) is 3.36. The van der Waals surface area contributed by atoms with Crippen LogP contribution in [0.1, 0.15) is 27.9 Å². The van der Waals surface area contributed by atoms with Crippen molar-refractivity contribution >= 4 is 5.97 Å². The first-order chi connectivity index (χ1) is 7.15. The summed E-state index contributed by atoms with van der Waals surface area (Å²) in [6, 6.07) is 5.61. The first-order valence-electron chi connectivity index (χ1n) is 4.85. The smallest absolute Gasteiger partial charge is 0.293 e. The third kappa shape index (κ3) is 3.36. The van der Waals surface area contributed by atoms with E-state index < -0.39 is 5.97 Å². The number of carbonyl (C=O) groups excluding carboxylic acids is 1. The maximum atomic E-state index is 11.5. The van der Waals surface area contributed by atoms with E-state index in [1.807, 2.05) is 26.0 Å². The number of rotatable bonds is 4. The summed E-state index contributed by atoms with van der Waals surface area (Å²) in [5, 5.41) is 0. The van der Waals surface area contributed by atoms with Crippen molar-refractivity contribution in [3.63, 3.8) is 0 Å². The van der Waals surface area contributed by atoms with Crippen LogP contribution in [0.15, 0.2) is 18.2 Å². The lowest BCUT2D eigenvalue weighted by molar-refractivity contribution is -0.239. The topological polar surface area (TPSA) is 35.5 Å². The molecule has 0 amide bonds. The Morgan fingerprint density at radius 1 is 1.40 bits per heavy atom. The Kier molecular flexibility index (Phi) is 4.31. The fraction of sp³-hybridized carbons (Fsp3) is 0.333. The van der Waals surface area contributed by atoms with Crippen molar-refractivity contribution < 1.29 is 14.6 Å². The summed E-state index contributed by atoms with van der Waals surface area (Å²) in [6.07, 6.45) is 0.570. The zero-order valence-corrected chi connectivity index (χ0v) is 9.08. The van der Waals surface area contributed by atoms with Crippen LogP contribution in [-0.2, 0) is 9.78 Å². The molecule has 0 unspecified atom stereocenters. The molecular weight excluding hydrogens is 192 g/mol. The van der Waals surface area contributed by atoms with E-state index in [9.17, 15) is 4.79 Å². The molecule has 3 nitrogen and oxygen atoms in total. The van der Waals surface area contributed by atoms with Crippen molar-refractivity contribution in [2.45, 2.75) is 20.3 Å². The molecule has 81 valence electrons. The maximum absolute atomic E-state index is 11.5. The second-order valence-corrected chi connectivity index (χ2v) is 3.36. The van der Waals surface area contributed by atoms with Gasteiger partial charge in [0.05, 0.1) is 12.2 Å². The lowest BCUT2D eigenvalue weighted by atomic mass is 10.1. The van der Waals surface area contributed by atoms with Gasteiger partial charge in [0, 0.05) is 0 Å². The largest absolute Gasteiger partial charge is 0.373 e. The highest BCUT2D eigenvalue weighted by Gasteiger charge is 2.11. The number of hydrogen-bond donors (Lipinski definition) is 0. The fourth-order valence-electron chi connectivity index (χ4n) is 1.15. The van der Waals surface area contributed by atoms with Crippen molar-refractivity contribution in [1.29, 1.82) is 0 Å². The molecule has 0 heterocycles. The highest BCUT2D eigenvalue weighted by molar-refractivity contribution is 5.90. The zero-order valence-electron chi connectivity index (χ0n) is 9.08. The van der Waals surface area contributed by atoms with Crippen LogP contribution < -0.4 is 0 Å². The third-order valence-electron chi connectivity index (χ3n) is 1.98. The highest BCUT2D eigenvalue weighted by atomic mass is 17.2. The van der Waals surface area contributed by atoms with E-state index in [1.165, 1.54) is 0 Å². The van der Waals surface area contributed by atoms with E-state index in [0.29, 0.717) is 18.6 Å². The predicted molar refractivity (Wildman–Crippen MR) is 57.3 cm³/mol. The maximum Gasteiger partial charge on any atom is 0.373 e. The Morgan fingerprint density at radius 3 is 2.80 bits per heavy atom. The number of aryl methyl sites for hydroxylation is 2. The summed E-state index contributed by atoms with van der Waals surface area (Å²) >= 11 is 0. The van der Waals surface area contributed by atoms with Gasteiger partial charge in [-0.05, 0) is 31.9 Å². The van der Waals surface area contributed by atoms with Gasteiger partial charge in [-0.2, -0.15) is 4.89 Å². The van der Waals surface area contributed by atoms with Crippen LogP contribution >= 0.6 is 0 Å². The third-order valence-corrected chi connectivity index (χ3v) is 1.98. The summed E-state index contributed by atoms with van der Waals surface area (Å²) < 4.78 is 0. The van der Waals surface area contributed by atoms with Crippen molar-refractivity contribution in [2.75, 3.05) is 6.61 Å². The van der Waals surface area contributed by atoms with Gasteiger partial charge in [0.15, 0.2) is 0 Å². The molecule has 1 aromatic rings. The van der Waals surface area contributed by atoms with Crippen LogP contribution in [-0.4, -0.2) is 12.6 Å². The van der Waals surface area contributed by atoms with Gasteiger partial charge >= 0.3 is 5.97 Å². The van der Waals surface area contributed by atoms with E-state index in [4.69, 9.17) is 0 Å². The molecule has 3 heteroatoms. The van der Waals surface area contributed by atoms with Crippen molar-refractivity contribution in [1.82, 2.24) is 0 Å². The molecule has 0 spiro atoms. The molecule has 0 bridgehead atoms. The second kappa shape index (κ2) is 5.51. The van der Waals surface area contributed by atoms with Crippen LogP contribution in [0.2, 0.25) is 0 Å². The molecule has 0 saturated heterocycles. The average Bonchev–Trinajstić information content (AvgIpc) is 2.22. The Hall–Kier alpha value is -1.35. The summed E-state index contributed by atoms with van der Waals surface area (Å²) in [6.45, 7) is 7.67. The molecule has 0 atom stereocenters. The molecular formula is C12H15O3. The van der Waals surface area contributed by atoms with E-state index in [1.54, 1.807) is 6.07 Å². The monoisotopic (exact) mass is 207 g/mol. The standard InChI is InChI=1S/C12H15O3/c1-4-7-14-15-12(13)11-8-9(2)5-6-10(11)3/h5-6,8H,1,4,7H2,2-3H3. The summed E-state index contributed by atoms with van der Waals surface area (Å²) in [5.74, 6) is -0.454. The molecule has 0 aliphatic heterocycles. The van der Waals surface area contributed by atoms with Crippen molar-refractivity contribution in [3.8, 4) is 0 Å². The lowest BCUT2D eigenvalue weighted by Gasteiger charge is -2.05. The minimum atomic E-state index is -0.454. The lowest BCUT2D eigenvalue weighted by Crippen LogP contribution is -2.08. The van der Waals surface area contributed by atoms with Crippen molar-refractivity contribution in [3.05, 3.63) is 41.8 Å². The van der Waals surface area contributed by atoms with Gasteiger partial charge in [0.2, 0.25) is 0 Å². The molecule has 0 aromatic heterocycles. The Bertz CT molecular complexity index is 345. The molecule has 0 aliphatic carbocycles. The zero-order chi connectivity index (χ0) is 11.3. The molecule has 0 N–H and O–H groups in total. The molecule has 1 radical (unpaired) electrons. The Morgan fingerprint density at radius 2 is 2.13 bits per heavy atom. The van der Waals surface area contributed by atoms with Gasteiger partial charge in [-0.15, -0.1) is 0 Å². The molecule has 0 aliphatic rings. The number of hydrogen-bond acceptors (Lipinski definition) is 3. The highest BCUT2D eigenvalue weighted by Crippen LogP contribution is 2.12. The van der Waals surface area contributed by atoms with E-state index in [-0.39, 0.29) is 0 Å². The molecule has 0 fully saturated rings. The van der Waals surface area contributed by atoms with Gasteiger partial charge < -0.3 is 0 Å². The summed E-state index contributed by atoms with van der Waals surface area (Å²) in [5.41, 5.74) is 2.44. The average molecular weight is 207 g/mol. The SMILES string of the molecule is [CH2]CCOOC(=O)c1cc(C)ccc1C. The van der Waals surface area contributed by atoms with Crippen LogP contribution in [0.5, 0.6) is 0 Å². The van der Waals surface area contributed by atoms with Crippen molar-refractivity contribution in [2.24, 2.45) is 0 Å². The Labute approximate surface area is 89.9 Å². The fourth-order valence-corrected chi connectivity index (χ4v) is 1.15. The Balaban J connectivity index is 2.68. The van der Waals surface area contributed by atoms with Gasteiger partial charge in [-0.3, -0.25) is 4.89 Å². The first-order valence-corrected chi connectivity index (χ1v) is 4.85. The quantitative estimate of drug-likeness (QED) is 0.432. The summed E-state index contributed by atoms with van der Waals surface area (Å²) in [4.78, 5) is 20.8.